The molecule has 0 aliphatic carbocycles. The van der Waals surface area contributed by atoms with Crippen molar-refractivity contribution in [2.75, 3.05) is 32.7 Å². The molecular weight excluding hydrogens is 184 g/mol. The summed E-state index contributed by atoms with van der Waals surface area (Å²) < 4.78 is 0. The molecule has 2 heteroatoms. The van der Waals surface area contributed by atoms with Crippen molar-refractivity contribution >= 4 is 0 Å². The van der Waals surface area contributed by atoms with Crippen molar-refractivity contribution in [3.63, 3.8) is 0 Å². The Morgan fingerprint density at radius 2 is 2.27 bits per heavy atom. The largest absolute Gasteiger partial charge is 0.309 e. The van der Waals surface area contributed by atoms with Crippen LogP contribution in [0.15, 0.2) is 11.1 Å². The highest BCUT2D eigenvalue weighted by molar-refractivity contribution is 5.22. The molecule has 1 atom stereocenters. The van der Waals surface area contributed by atoms with E-state index < -0.39 is 0 Å². The van der Waals surface area contributed by atoms with Crippen molar-refractivity contribution in [2.45, 2.75) is 33.1 Å². The van der Waals surface area contributed by atoms with Crippen LogP contribution in [0.5, 0.6) is 0 Å². The van der Waals surface area contributed by atoms with Crippen molar-refractivity contribution < 1.29 is 0 Å². The molecule has 0 aromatic rings. The van der Waals surface area contributed by atoms with E-state index in [1.165, 1.54) is 38.9 Å². The Hall–Kier alpha value is -0.340. The summed E-state index contributed by atoms with van der Waals surface area (Å²) in [7, 11) is 0. The first-order chi connectivity index (χ1) is 7.29. The number of hydrogen-bond donors (Lipinski definition) is 1. The summed E-state index contributed by atoms with van der Waals surface area (Å²) in [5.74, 6) is 0.979. The second kappa shape index (κ2) is 5.13. The van der Waals surface area contributed by atoms with E-state index in [2.05, 4.69) is 24.1 Å². The van der Waals surface area contributed by atoms with Crippen LogP contribution >= 0.6 is 0 Å². The van der Waals surface area contributed by atoms with Crippen molar-refractivity contribution in [3.8, 4) is 0 Å². The fourth-order valence-electron chi connectivity index (χ4n) is 2.70. The molecule has 2 aliphatic rings. The van der Waals surface area contributed by atoms with Crippen molar-refractivity contribution in [2.24, 2.45) is 5.92 Å². The number of hydrogen-bond acceptors (Lipinski definition) is 2. The molecule has 2 aliphatic heterocycles. The number of likely N-dealkylation sites (tertiary alicyclic amines) is 1. The molecule has 0 spiro atoms. The maximum atomic E-state index is 3.32. The average Bonchev–Trinajstić information content (AvgIpc) is 2.49. The van der Waals surface area contributed by atoms with E-state index in [0.717, 1.165) is 19.0 Å². The Morgan fingerprint density at radius 1 is 1.47 bits per heavy atom. The van der Waals surface area contributed by atoms with Gasteiger partial charge in [-0.25, -0.2) is 0 Å². The summed E-state index contributed by atoms with van der Waals surface area (Å²) in [6.07, 6.45) is 4.20. The summed E-state index contributed by atoms with van der Waals surface area (Å²) in [6, 6.07) is 0. The van der Waals surface area contributed by atoms with Gasteiger partial charge >= 0.3 is 0 Å². The standard InChI is InChI=1S/C13H24N2/c1-3-4-12-5-6-15(10-12)9-11(2)13-7-14-8-13/h12,14H,3-10H2,1-2H3. The molecule has 2 saturated heterocycles. The van der Waals surface area contributed by atoms with Crippen molar-refractivity contribution in [1.82, 2.24) is 10.2 Å². The monoisotopic (exact) mass is 208 g/mol. The zero-order valence-corrected chi connectivity index (χ0v) is 10.2. The third-order valence-electron chi connectivity index (χ3n) is 3.81. The van der Waals surface area contributed by atoms with Crippen LogP contribution in [0, 0.1) is 5.92 Å². The zero-order chi connectivity index (χ0) is 10.7. The highest BCUT2D eigenvalue weighted by Gasteiger charge is 2.22. The van der Waals surface area contributed by atoms with Gasteiger partial charge < -0.3 is 5.32 Å². The average molecular weight is 208 g/mol. The summed E-state index contributed by atoms with van der Waals surface area (Å²) in [4.78, 5) is 2.64. The van der Waals surface area contributed by atoms with Crippen LogP contribution in [-0.4, -0.2) is 37.6 Å². The number of rotatable bonds is 4. The van der Waals surface area contributed by atoms with Crippen molar-refractivity contribution in [3.05, 3.63) is 11.1 Å². The Kier molecular flexibility index (Phi) is 3.81. The molecule has 2 nitrogen and oxygen atoms in total. The van der Waals surface area contributed by atoms with Crippen LogP contribution < -0.4 is 5.32 Å². The topological polar surface area (TPSA) is 15.3 Å². The smallest absolute Gasteiger partial charge is 0.0193 e. The fraction of sp³-hybridized carbons (Fsp3) is 0.846. The van der Waals surface area contributed by atoms with Crippen LogP contribution in [0.1, 0.15) is 33.1 Å². The minimum atomic E-state index is 0.979. The van der Waals surface area contributed by atoms with Crippen LogP contribution in [0.3, 0.4) is 0 Å². The second-order valence-corrected chi connectivity index (χ2v) is 5.17. The van der Waals surface area contributed by atoms with E-state index >= 15 is 0 Å². The normalized spacial score (nSPS) is 26.8. The van der Waals surface area contributed by atoms with Gasteiger partial charge in [0.25, 0.3) is 0 Å². The SMILES string of the molecule is CCCC1CCN(CC(C)=C2CNC2)C1. The van der Waals surface area contributed by atoms with Gasteiger partial charge in [0.1, 0.15) is 0 Å². The molecule has 0 saturated carbocycles. The summed E-state index contributed by atoms with van der Waals surface area (Å²) in [5, 5.41) is 3.32. The van der Waals surface area contributed by atoms with E-state index in [4.69, 9.17) is 0 Å². The van der Waals surface area contributed by atoms with Gasteiger partial charge in [0.2, 0.25) is 0 Å². The highest BCUT2D eigenvalue weighted by Crippen LogP contribution is 2.22. The van der Waals surface area contributed by atoms with Gasteiger partial charge in [-0.3, -0.25) is 4.90 Å². The van der Waals surface area contributed by atoms with Crippen LogP contribution in [0.25, 0.3) is 0 Å². The summed E-state index contributed by atoms with van der Waals surface area (Å²) in [6.45, 7) is 10.8. The lowest BCUT2D eigenvalue weighted by Crippen LogP contribution is -2.36. The molecule has 1 N–H and O–H groups in total. The van der Waals surface area contributed by atoms with Crippen LogP contribution in [-0.2, 0) is 0 Å². The molecular formula is C13H24N2. The van der Waals surface area contributed by atoms with Crippen LogP contribution in [0.4, 0.5) is 0 Å². The van der Waals surface area contributed by atoms with E-state index in [-0.39, 0.29) is 0 Å². The first kappa shape index (κ1) is 11.2. The molecule has 0 aromatic carbocycles. The quantitative estimate of drug-likeness (QED) is 0.711. The molecule has 15 heavy (non-hydrogen) atoms. The van der Waals surface area contributed by atoms with Crippen LogP contribution in [0.2, 0.25) is 0 Å². The Bertz CT molecular complexity index is 239. The number of nitrogens with zero attached hydrogens (tertiary/aromatic N) is 1. The van der Waals surface area contributed by atoms with Gasteiger partial charge in [-0.1, -0.05) is 18.9 Å². The molecule has 0 amide bonds. The third-order valence-corrected chi connectivity index (χ3v) is 3.81. The van der Waals surface area contributed by atoms with E-state index in [1.54, 1.807) is 11.1 Å². The van der Waals surface area contributed by atoms with Crippen molar-refractivity contribution in [1.29, 1.82) is 0 Å². The zero-order valence-electron chi connectivity index (χ0n) is 10.2. The van der Waals surface area contributed by atoms with Gasteiger partial charge in [-0.15, -0.1) is 0 Å². The predicted molar refractivity (Wildman–Crippen MR) is 65.0 cm³/mol. The van der Waals surface area contributed by atoms with Gasteiger partial charge in [0.05, 0.1) is 0 Å². The summed E-state index contributed by atoms with van der Waals surface area (Å²) in [5.41, 5.74) is 3.26. The molecule has 2 heterocycles. The molecule has 2 rings (SSSR count). The molecule has 0 bridgehead atoms. The molecule has 2 fully saturated rings. The summed E-state index contributed by atoms with van der Waals surface area (Å²) >= 11 is 0. The molecule has 0 radical (unpaired) electrons. The van der Waals surface area contributed by atoms with E-state index in [9.17, 15) is 0 Å². The second-order valence-electron chi connectivity index (χ2n) is 5.17. The fourth-order valence-corrected chi connectivity index (χ4v) is 2.70. The minimum Gasteiger partial charge on any atom is -0.309 e. The van der Waals surface area contributed by atoms with Gasteiger partial charge in [-0.2, -0.15) is 0 Å². The first-order valence-corrected chi connectivity index (χ1v) is 6.40. The maximum absolute atomic E-state index is 3.32. The Balaban J connectivity index is 1.76. The molecule has 1 unspecified atom stereocenters. The lowest BCUT2D eigenvalue weighted by Gasteiger charge is -2.25. The Morgan fingerprint density at radius 3 is 2.87 bits per heavy atom. The maximum Gasteiger partial charge on any atom is 0.0193 e. The van der Waals surface area contributed by atoms with E-state index in [0.29, 0.717) is 0 Å². The minimum absolute atomic E-state index is 0.979. The van der Waals surface area contributed by atoms with Gasteiger partial charge in [-0.05, 0) is 37.8 Å². The molecule has 0 aromatic heterocycles. The molecule has 86 valence electrons. The van der Waals surface area contributed by atoms with Gasteiger partial charge in [0.15, 0.2) is 0 Å². The lowest BCUT2D eigenvalue weighted by molar-refractivity contribution is 0.343. The Labute approximate surface area is 93.7 Å². The highest BCUT2D eigenvalue weighted by atomic mass is 15.1. The first-order valence-electron chi connectivity index (χ1n) is 6.40. The van der Waals surface area contributed by atoms with E-state index in [1.807, 2.05) is 0 Å². The lowest BCUT2D eigenvalue weighted by atomic mass is 10.0. The van der Waals surface area contributed by atoms with Gasteiger partial charge in [0, 0.05) is 26.2 Å². The number of nitrogens with one attached hydrogen (secondary N) is 1. The third kappa shape index (κ3) is 2.82. The predicted octanol–water partition coefficient (Wildman–Crippen LogP) is 2.03.